The molecule has 0 radical (unpaired) electrons. The number of benzene rings is 3. The molecule has 154 valence electrons. The van der Waals surface area contributed by atoms with E-state index < -0.39 is 0 Å². The van der Waals surface area contributed by atoms with Gasteiger partial charge in [-0.2, -0.15) is 0 Å². The SMILES string of the molecule is O=C(C1=NC2C(Br)C(c3ccccc3)NN2C(c2cccc(Br)c2)=C1)c1ccccc1. The zero-order chi connectivity index (χ0) is 21.4. The van der Waals surface area contributed by atoms with Crippen molar-refractivity contribution in [2.24, 2.45) is 4.99 Å². The summed E-state index contributed by atoms with van der Waals surface area (Å²) in [6.45, 7) is 0. The molecule has 0 aromatic heterocycles. The molecular weight excluding hydrogens is 518 g/mol. The number of carbonyl (C=O) groups is 1. The topological polar surface area (TPSA) is 44.7 Å². The Morgan fingerprint density at radius 3 is 2.35 bits per heavy atom. The van der Waals surface area contributed by atoms with E-state index >= 15 is 0 Å². The molecule has 2 aliphatic heterocycles. The number of allylic oxidation sites excluding steroid dienone is 1. The van der Waals surface area contributed by atoms with Crippen LogP contribution in [0.4, 0.5) is 0 Å². The van der Waals surface area contributed by atoms with E-state index in [1.165, 1.54) is 5.56 Å². The van der Waals surface area contributed by atoms with Crippen molar-refractivity contribution in [1.82, 2.24) is 10.4 Å². The minimum Gasteiger partial charge on any atom is -0.287 e. The Morgan fingerprint density at radius 2 is 1.65 bits per heavy atom. The number of nitrogens with zero attached hydrogens (tertiary/aromatic N) is 2. The van der Waals surface area contributed by atoms with Crippen LogP contribution in [0.5, 0.6) is 0 Å². The monoisotopic (exact) mass is 535 g/mol. The summed E-state index contributed by atoms with van der Waals surface area (Å²) in [5.74, 6) is -0.0735. The number of alkyl halides is 1. The van der Waals surface area contributed by atoms with Gasteiger partial charge in [-0.15, -0.1) is 0 Å². The summed E-state index contributed by atoms with van der Waals surface area (Å²) in [5, 5.41) is 2.07. The molecule has 3 aromatic rings. The van der Waals surface area contributed by atoms with E-state index in [9.17, 15) is 4.79 Å². The second kappa shape index (κ2) is 8.54. The number of hydrogen-bond acceptors (Lipinski definition) is 4. The van der Waals surface area contributed by atoms with Crippen LogP contribution in [0.1, 0.15) is 27.5 Å². The van der Waals surface area contributed by atoms with Gasteiger partial charge in [-0.05, 0) is 23.8 Å². The number of hydrogen-bond donors (Lipinski definition) is 1. The summed E-state index contributed by atoms with van der Waals surface area (Å²) in [4.78, 5) is 18.1. The molecule has 0 aliphatic carbocycles. The molecule has 2 heterocycles. The molecule has 0 saturated carbocycles. The fourth-order valence-corrected chi connectivity index (χ4v) is 5.16. The summed E-state index contributed by atoms with van der Waals surface area (Å²) < 4.78 is 0.982. The Balaban J connectivity index is 1.59. The molecule has 0 bridgehead atoms. The Kier molecular flexibility index (Phi) is 5.61. The minimum absolute atomic E-state index is 0.00988. The first-order valence-corrected chi connectivity index (χ1v) is 11.7. The molecule has 3 atom stereocenters. The van der Waals surface area contributed by atoms with Crippen molar-refractivity contribution >= 4 is 49.1 Å². The predicted molar refractivity (Wildman–Crippen MR) is 131 cm³/mol. The van der Waals surface area contributed by atoms with Crippen LogP contribution >= 0.6 is 31.9 Å². The molecule has 3 unspecified atom stereocenters. The molecule has 31 heavy (non-hydrogen) atoms. The number of hydrazine groups is 1. The van der Waals surface area contributed by atoms with Gasteiger partial charge in [-0.1, -0.05) is 105 Å². The third-order valence-electron chi connectivity index (χ3n) is 5.50. The lowest BCUT2D eigenvalue weighted by atomic mass is 10.0. The highest BCUT2D eigenvalue weighted by atomic mass is 79.9. The summed E-state index contributed by atoms with van der Waals surface area (Å²) in [7, 11) is 0. The number of aliphatic imine (C=N–C) groups is 1. The minimum atomic E-state index is -0.258. The normalized spacial score (nSPS) is 22.5. The van der Waals surface area contributed by atoms with Gasteiger partial charge in [0.2, 0.25) is 5.78 Å². The van der Waals surface area contributed by atoms with Crippen molar-refractivity contribution < 1.29 is 4.79 Å². The highest BCUT2D eigenvalue weighted by Crippen LogP contribution is 2.40. The maximum absolute atomic E-state index is 13.3. The second-order valence-electron chi connectivity index (χ2n) is 7.49. The Morgan fingerprint density at radius 1 is 0.935 bits per heavy atom. The van der Waals surface area contributed by atoms with Crippen molar-refractivity contribution in [1.29, 1.82) is 0 Å². The van der Waals surface area contributed by atoms with Crippen LogP contribution in [0.25, 0.3) is 5.70 Å². The van der Waals surface area contributed by atoms with Crippen molar-refractivity contribution in [3.8, 4) is 0 Å². The molecule has 2 aliphatic rings. The van der Waals surface area contributed by atoms with E-state index in [4.69, 9.17) is 4.99 Å². The molecule has 1 saturated heterocycles. The first kappa shape index (κ1) is 20.4. The maximum Gasteiger partial charge on any atom is 0.211 e. The average molecular weight is 537 g/mol. The third kappa shape index (κ3) is 3.91. The van der Waals surface area contributed by atoms with Gasteiger partial charge in [0.1, 0.15) is 5.71 Å². The number of rotatable bonds is 4. The van der Waals surface area contributed by atoms with Crippen molar-refractivity contribution in [2.45, 2.75) is 17.0 Å². The fraction of sp³-hybridized carbons (Fsp3) is 0.120. The van der Waals surface area contributed by atoms with Crippen LogP contribution in [-0.2, 0) is 0 Å². The average Bonchev–Trinajstić information content (AvgIpc) is 3.15. The summed E-state index contributed by atoms with van der Waals surface area (Å²) in [6, 6.07) is 27.7. The lowest BCUT2D eigenvalue weighted by Gasteiger charge is -2.31. The van der Waals surface area contributed by atoms with Crippen LogP contribution in [0.3, 0.4) is 0 Å². The Labute approximate surface area is 197 Å². The number of Topliss-reactive ketones (excluding diaryl/α,β-unsaturated/α-hetero) is 1. The second-order valence-corrected chi connectivity index (χ2v) is 9.47. The molecule has 6 heteroatoms. The van der Waals surface area contributed by atoms with Gasteiger partial charge in [0.15, 0.2) is 6.17 Å². The number of halogens is 2. The molecular formula is C25H19Br2N3O. The molecule has 3 aromatic carbocycles. The highest BCUT2D eigenvalue weighted by molar-refractivity contribution is 9.10. The Bertz CT molecular complexity index is 1180. The number of carbonyl (C=O) groups excluding carboxylic acids is 1. The van der Waals surface area contributed by atoms with Crippen LogP contribution in [0.15, 0.2) is 100 Å². The first-order chi connectivity index (χ1) is 15.1. The first-order valence-electron chi connectivity index (χ1n) is 10.0. The van der Waals surface area contributed by atoms with Gasteiger partial charge in [0.25, 0.3) is 0 Å². The number of ketones is 1. The third-order valence-corrected chi connectivity index (χ3v) is 6.99. The van der Waals surface area contributed by atoms with Crippen LogP contribution in [0, 0.1) is 0 Å². The summed E-state index contributed by atoms with van der Waals surface area (Å²) in [6.07, 6.45) is 1.63. The van der Waals surface area contributed by atoms with Gasteiger partial charge >= 0.3 is 0 Å². The number of fused-ring (bicyclic) bond motifs is 1. The van der Waals surface area contributed by atoms with Gasteiger partial charge in [0.05, 0.1) is 16.6 Å². The van der Waals surface area contributed by atoms with E-state index in [2.05, 4.69) is 60.5 Å². The van der Waals surface area contributed by atoms with E-state index in [-0.39, 0.29) is 22.8 Å². The maximum atomic E-state index is 13.3. The Hall–Kier alpha value is -2.54. The van der Waals surface area contributed by atoms with Crippen molar-refractivity contribution in [3.05, 3.63) is 112 Å². The summed E-state index contributed by atoms with van der Waals surface area (Å²) in [5.41, 5.74) is 7.80. The van der Waals surface area contributed by atoms with Crippen LogP contribution in [0.2, 0.25) is 0 Å². The molecule has 0 amide bonds. The molecule has 5 rings (SSSR count). The largest absolute Gasteiger partial charge is 0.287 e. The standard InChI is InChI=1S/C25H19Br2N3O/c26-19-13-7-12-18(14-19)21-15-20(24(31)17-10-5-2-6-11-17)28-25-22(27)23(29-30(21)25)16-8-3-1-4-9-16/h1-15,22-23,25,29H. The fourth-order valence-electron chi connectivity index (χ4n) is 3.98. The van der Waals surface area contributed by atoms with Gasteiger partial charge in [-0.25, -0.2) is 5.43 Å². The van der Waals surface area contributed by atoms with Crippen LogP contribution in [-0.4, -0.2) is 27.5 Å². The van der Waals surface area contributed by atoms with Crippen LogP contribution < -0.4 is 5.43 Å². The molecule has 1 N–H and O–H groups in total. The van der Waals surface area contributed by atoms with Gasteiger partial charge in [0, 0.05) is 15.6 Å². The van der Waals surface area contributed by atoms with Gasteiger partial charge < -0.3 is 0 Å². The highest BCUT2D eigenvalue weighted by Gasteiger charge is 2.44. The summed E-state index contributed by atoms with van der Waals surface area (Å²) >= 11 is 7.44. The zero-order valence-electron chi connectivity index (χ0n) is 16.5. The number of nitrogens with one attached hydrogen (secondary N) is 1. The van der Waals surface area contributed by atoms with Crippen molar-refractivity contribution in [3.63, 3.8) is 0 Å². The molecule has 1 fully saturated rings. The smallest absolute Gasteiger partial charge is 0.211 e. The molecule has 0 spiro atoms. The van der Waals surface area contributed by atoms with E-state index in [0.29, 0.717) is 11.3 Å². The lowest BCUT2D eigenvalue weighted by molar-refractivity contribution is 0.106. The van der Waals surface area contributed by atoms with E-state index in [0.717, 1.165) is 15.7 Å². The predicted octanol–water partition coefficient (Wildman–Crippen LogP) is 5.78. The molecule has 4 nitrogen and oxygen atoms in total. The lowest BCUT2D eigenvalue weighted by Crippen LogP contribution is -2.40. The quantitative estimate of drug-likeness (QED) is 0.339. The zero-order valence-corrected chi connectivity index (χ0v) is 19.6. The van der Waals surface area contributed by atoms with Crippen molar-refractivity contribution in [2.75, 3.05) is 0 Å². The van der Waals surface area contributed by atoms with E-state index in [1.54, 1.807) is 0 Å². The van der Waals surface area contributed by atoms with Gasteiger partial charge in [-0.3, -0.25) is 14.8 Å². The van der Waals surface area contributed by atoms with E-state index in [1.807, 2.05) is 72.8 Å².